The molecular formula is C21H22ClN3O2S. The predicted molar refractivity (Wildman–Crippen MR) is 116 cm³/mol. The molecule has 0 aliphatic heterocycles. The molecule has 1 amide bonds. The maximum Gasteiger partial charge on any atom is 0.266 e. The Balaban J connectivity index is 2.05. The molecule has 7 heteroatoms. The number of nitrogens with zero attached hydrogens (tertiary/aromatic N) is 2. The monoisotopic (exact) mass is 415 g/mol. The van der Waals surface area contributed by atoms with Gasteiger partial charge in [0.05, 0.1) is 21.8 Å². The highest BCUT2D eigenvalue weighted by Gasteiger charge is 2.20. The third-order valence-electron chi connectivity index (χ3n) is 4.17. The smallest absolute Gasteiger partial charge is 0.266 e. The zero-order valence-corrected chi connectivity index (χ0v) is 17.6. The average Bonchev–Trinajstić information content (AvgIpc) is 2.67. The van der Waals surface area contributed by atoms with Crippen LogP contribution in [0.4, 0.5) is 0 Å². The van der Waals surface area contributed by atoms with E-state index in [1.807, 2.05) is 32.9 Å². The number of carbonyl (C=O) groups excluding carboxylic acids is 1. The van der Waals surface area contributed by atoms with Crippen LogP contribution < -0.4 is 10.9 Å². The molecule has 3 aromatic rings. The Kier molecular flexibility index (Phi) is 6.42. The van der Waals surface area contributed by atoms with E-state index in [0.717, 1.165) is 0 Å². The Morgan fingerprint density at radius 1 is 1.14 bits per heavy atom. The van der Waals surface area contributed by atoms with Crippen LogP contribution in [-0.2, 0) is 4.79 Å². The number of aromatic nitrogens is 2. The fourth-order valence-electron chi connectivity index (χ4n) is 2.67. The zero-order valence-electron chi connectivity index (χ0n) is 16.0. The summed E-state index contributed by atoms with van der Waals surface area (Å²) in [5.74, 6) is 0.288. The summed E-state index contributed by atoms with van der Waals surface area (Å²) in [7, 11) is 0. The molecule has 0 saturated carbocycles. The van der Waals surface area contributed by atoms with Gasteiger partial charge in [-0.3, -0.25) is 14.2 Å². The van der Waals surface area contributed by atoms with Gasteiger partial charge in [-0.25, -0.2) is 4.98 Å². The quantitative estimate of drug-likeness (QED) is 0.481. The molecule has 1 atom stereocenters. The van der Waals surface area contributed by atoms with Crippen molar-refractivity contribution in [1.82, 2.24) is 14.9 Å². The van der Waals surface area contributed by atoms with E-state index < -0.39 is 5.25 Å². The predicted octanol–water partition coefficient (Wildman–Crippen LogP) is 4.29. The van der Waals surface area contributed by atoms with Gasteiger partial charge in [0, 0.05) is 11.6 Å². The molecule has 3 rings (SSSR count). The van der Waals surface area contributed by atoms with Crippen molar-refractivity contribution in [2.24, 2.45) is 5.92 Å². The minimum atomic E-state index is -0.398. The lowest BCUT2D eigenvalue weighted by molar-refractivity contribution is -0.120. The van der Waals surface area contributed by atoms with E-state index in [4.69, 9.17) is 11.6 Å². The molecule has 0 saturated heterocycles. The second kappa shape index (κ2) is 8.80. The van der Waals surface area contributed by atoms with E-state index in [1.54, 1.807) is 36.4 Å². The van der Waals surface area contributed by atoms with Crippen LogP contribution in [0.15, 0.2) is 58.5 Å². The highest BCUT2D eigenvalue weighted by molar-refractivity contribution is 8.00. The molecule has 1 aromatic heterocycles. The molecule has 0 bridgehead atoms. The number of benzene rings is 2. The first-order valence-corrected chi connectivity index (χ1v) is 10.3. The van der Waals surface area contributed by atoms with Gasteiger partial charge < -0.3 is 5.32 Å². The first-order valence-electron chi connectivity index (χ1n) is 9.09. The van der Waals surface area contributed by atoms with Gasteiger partial charge in [-0.1, -0.05) is 49.3 Å². The fraction of sp³-hybridized carbons (Fsp3) is 0.286. The van der Waals surface area contributed by atoms with Crippen LogP contribution in [-0.4, -0.2) is 27.3 Å². The van der Waals surface area contributed by atoms with Crippen molar-refractivity contribution in [2.45, 2.75) is 31.2 Å². The Hall–Kier alpha value is -2.31. The summed E-state index contributed by atoms with van der Waals surface area (Å²) in [4.78, 5) is 30.3. The Bertz CT molecular complexity index is 1050. The molecule has 28 heavy (non-hydrogen) atoms. The van der Waals surface area contributed by atoms with Crippen molar-refractivity contribution in [1.29, 1.82) is 0 Å². The molecular weight excluding hydrogens is 394 g/mol. The minimum absolute atomic E-state index is 0.0798. The van der Waals surface area contributed by atoms with Gasteiger partial charge in [0.25, 0.3) is 5.56 Å². The first-order chi connectivity index (χ1) is 13.4. The normalized spacial score (nSPS) is 12.3. The summed E-state index contributed by atoms with van der Waals surface area (Å²) in [6.07, 6.45) is 0. The summed E-state index contributed by atoms with van der Waals surface area (Å²) in [6.45, 7) is 6.51. The number of thioether (sulfide) groups is 1. The molecule has 0 aliphatic rings. The number of carbonyl (C=O) groups is 1. The summed E-state index contributed by atoms with van der Waals surface area (Å²) in [5, 5.41) is 4.11. The standard InChI is InChI=1S/C21H22ClN3O2S/c1-13(2)12-23-19(26)14(3)28-21-24-18-7-5-4-6-17(18)20(27)25(21)16-10-8-15(22)9-11-16/h4-11,13-14H,12H2,1-3H3,(H,23,26)/t14-/m1/s1. The van der Waals surface area contributed by atoms with E-state index >= 15 is 0 Å². The van der Waals surface area contributed by atoms with Crippen LogP contribution in [0, 0.1) is 5.92 Å². The summed E-state index contributed by atoms with van der Waals surface area (Å²) in [5.41, 5.74) is 1.09. The third kappa shape index (κ3) is 4.56. The first kappa shape index (κ1) is 20.4. The topological polar surface area (TPSA) is 64.0 Å². The third-order valence-corrected chi connectivity index (χ3v) is 5.47. The molecule has 0 radical (unpaired) electrons. The Morgan fingerprint density at radius 3 is 2.50 bits per heavy atom. The van der Waals surface area contributed by atoms with Gasteiger partial charge in [-0.15, -0.1) is 0 Å². The van der Waals surface area contributed by atoms with Gasteiger partial charge in [-0.2, -0.15) is 0 Å². The van der Waals surface area contributed by atoms with Gasteiger partial charge >= 0.3 is 0 Å². The van der Waals surface area contributed by atoms with Gasteiger partial charge in [0.1, 0.15) is 0 Å². The van der Waals surface area contributed by atoms with Crippen molar-refractivity contribution >= 4 is 40.2 Å². The molecule has 1 N–H and O–H groups in total. The minimum Gasteiger partial charge on any atom is -0.355 e. The van der Waals surface area contributed by atoms with Crippen molar-refractivity contribution in [3.05, 3.63) is 63.9 Å². The lowest BCUT2D eigenvalue weighted by Gasteiger charge is -2.17. The zero-order chi connectivity index (χ0) is 20.3. The van der Waals surface area contributed by atoms with E-state index in [2.05, 4.69) is 10.3 Å². The Labute approximate surface area is 173 Å². The molecule has 0 aliphatic carbocycles. The fourth-order valence-corrected chi connectivity index (χ4v) is 3.75. The SMILES string of the molecule is CC(C)CNC(=O)[C@@H](C)Sc1nc2ccccc2c(=O)n1-c1ccc(Cl)cc1. The molecule has 5 nitrogen and oxygen atoms in total. The number of fused-ring (bicyclic) bond motifs is 1. The molecule has 0 fully saturated rings. The number of nitrogens with one attached hydrogen (secondary N) is 1. The number of para-hydroxylation sites is 1. The van der Waals surface area contributed by atoms with Gasteiger partial charge in [0.15, 0.2) is 5.16 Å². The maximum absolute atomic E-state index is 13.2. The van der Waals surface area contributed by atoms with Gasteiger partial charge in [-0.05, 0) is 49.2 Å². The number of hydrogen-bond donors (Lipinski definition) is 1. The highest BCUT2D eigenvalue weighted by atomic mass is 35.5. The summed E-state index contributed by atoms with van der Waals surface area (Å²) in [6, 6.07) is 14.2. The van der Waals surface area contributed by atoms with Crippen LogP contribution in [0.25, 0.3) is 16.6 Å². The molecule has 1 heterocycles. The van der Waals surface area contributed by atoms with E-state index in [1.165, 1.54) is 16.3 Å². The van der Waals surface area contributed by atoms with Crippen LogP contribution in [0.1, 0.15) is 20.8 Å². The van der Waals surface area contributed by atoms with Crippen LogP contribution >= 0.6 is 23.4 Å². The maximum atomic E-state index is 13.2. The van der Waals surface area contributed by atoms with E-state index in [9.17, 15) is 9.59 Å². The largest absolute Gasteiger partial charge is 0.355 e. The molecule has 2 aromatic carbocycles. The van der Waals surface area contributed by atoms with Crippen molar-refractivity contribution in [2.75, 3.05) is 6.54 Å². The second-order valence-electron chi connectivity index (χ2n) is 6.93. The second-order valence-corrected chi connectivity index (χ2v) is 8.67. The van der Waals surface area contributed by atoms with Crippen molar-refractivity contribution in [3.63, 3.8) is 0 Å². The number of halogens is 1. The van der Waals surface area contributed by atoms with Crippen LogP contribution in [0.5, 0.6) is 0 Å². The summed E-state index contributed by atoms with van der Waals surface area (Å²) >= 11 is 7.26. The highest BCUT2D eigenvalue weighted by Crippen LogP contribution is 2.25. The van der Waals surface area contributed by atoms with Gasteiger partial charge in [0.2, 0.25) is 5.91 Å². The van der Waals surface area contributed by atoms with Crippen LogP contribution in [0.2, 0.25) is 5.02 Å². The van der Waals surface area contributed by atoms with Crippen molar-refractivity contribution in [3.8, 4) is 5.69 Å². The molecule has 146 valence electrons. The lowest BCUT2D eigenvalue weighted by atomic mass is 10.2. The van der Waals surface area contributed by atoms with Crippen molar-refractivity contribution < 1.29 is 4.79 Å². The number of rotatable bonds is 6. The Morgan fingerprint density at radius 2 is 1.82 bits per heavy atom. The van der Waals surface area contributed by atoms with E-state index in [0.29, 0.717) is 39.2 Å². The van der Waals surface area contributed by atoms with E-state index in [-0.39, 0.29) is 11.5 Å². The number of amides is 1. The number of hydrogen-bond acceptors (Lipinski definition) is 4. The average molecular weight is 416 g/mol. The molecule has 0 spiro atoms. The lowest BCUT2D eigenvalue weighted by Crippen LogP contribution is -2.34. The summed E-state index contributed by atoms with van der Waals surface area (Å²) < 4.78 is 1.54. The molecule has 0 unspecified atom stereocenters. The van der Waals surface area contributed by atoms with Crippen LogP contribution in [0.3, 0.4) is 0 Å².